The molecule has 0 aliphatic carbocycles. The summed E-state index contributed by atoms with van der Waals surface area (Å²) in [5.41, 5.74) is 3.35. The number of nitrogens with two attached hydrogens (primary N) is 1. The molecule has 4 heteroatoms. The number of halogens is 1. The number of benzene rings is 1. The van der Waals surface area contributed by atoms with Crippen LogP contribution in [0.4, 0.5) is 0 Å². The highest BCUT2D eigenvalue weighted by Crippen LogP contribution is 2.32. The molecule has 1 aromatic carbocycles. The van der Waals surface area contributed by atoms with Gasteiger partial charge in [0.05, 0.1) is 18.7 Å². The molecule has 15 heavy (non-hydrogen) atoms. The maximum Gasteiger partial charge on any atom is 0.138 e. The molecule has 0 unspecified atom stereocenters. The molecular weight excluding hydrogens is 214 g/mol. The van der Waals surface area contributed by atoms with Gasteiger partial charge in [-0.2, -0.15) is 0 Å². The standard InChI is InChI=1S/C11H16ClNO2/c1-7-6-10(14-3)11(12)8(2)9(7)4-5-15-13/h6H,4-5,13H2,1-3H3. The van der Waals surface area contributed by atoms with Gasteiger partial charge in [-0.15, -0.1) is 0 Å². The highest BCUT2D eigenvalue weighted by molar-refractivity contribution is 6.33. The Morgan fingerprint density at radius 1 is 1.40 bits per heavy atom. The van der Waals surface area contributed by atoms with Crippen molar-refractivity contribution in [1.29, 1.82) is 0 Å². The zero-order valence-corrected chi connectivity index (χ0v) is 10.0. The van der Waals surface area contributed by atoms with Crippen LogP contribution in [0.3, 0.4) is 0 Å². The van der Waals surface area contributed by atoms with E-state index in [9.17, 15) is 0 Å². The molecule has 0 amide bonds. The minimum atomic E-state index is 0.490. The van der Waals surface area contributed by atoms with Crippen molar-refractivity contribution < 1.29 is 9.57 Å². The van der Waals surface area contributed by atoms with E-state index in [-0.39, 0.29) is 0 Å². The Morgan fingerprint density at radius 2 is 2.07 bits per heavy atom. The number of methoxy groups -OCH3 is 1. The first-order valence-electron chi connectivity index (χ1n) is 4.76. The van der Waals surface area contributed by atoms with Crippen LogP contribution < -0.4 is 10.6 Å². The second-order valence-corrected chi connectivity index (χ2v) is 3.81. The van der Waals surface area contributed by atoms with Gasteiger partial charge in [-0.3, -0.25) is 0 Å². The molecule has 0 saturated heterocycles. The Bertz CT molecular complexity index is 353. The SMILES string of the molecule is COc1cc(C)c(CCON)c(C)c1Cl. The van der Waals surface area contributed by atoms with Gasteiger partial charge in [0.15, 0.2) is 0 Å². The molecular formula is C11H16ClNO2. The Kier molecular flexibility index (Phi) is 4.39. The fourth-order valence-corrected chi connectivity index (χ4v) is 1.90. The highest BCUT2D eigenvalue weighted by atomic mass is 35.5. The molecule has 0 aliphatic heterocycles. The molecule has 1 rings (SSSR count). The molecule has 0 aromatic heterocycles. The fraction of sp³-hybridized carbons (Fsp3) is 0.455. The third kappa shape index (κ3) is 2.62. The maximum absolute atomic E-state index is 6.15. The normalized spacial score (nSPS) is 10.5. The van der Waals surface area contributed by atoms with E-state index in [0.29, 0.717) is 17.4 Å². The average Bonchev–Trinajstić information content (AvgIpc) is 2.23. The van der Waals surface area contributed by atoms with Crippen molar-refractivity contribution in [1.82, 2.24) is 0 Å². The van der Waals surface area contributed by atoms with Crippen molar-refractivity contribution in [3.63, 3.8) is 0 Å². The summed E-state index contributed by atoms with van der Waals surface area (Å²) < 4.78 is 5.18. The number of hydrogen-bond acceptors (Lipinski definition) is 3. The Morgan fingerprint density at radius 3 is 2.60 bits per heavy atom. The molecule has 0 bridgehead atoms. The van der Waals surface area contributed by atoms with Crippen LogP contribution in [-0.2, 0) is 11.3 Å². The average molecular weight is 230 g/mol. The lowest BCUT2D eigenvalue weighted by atomic mass is 10.00. The minimum absolute atomic E-state index is 0.490. The number of ether oxygens (including phenoxy) is 1. The second kappa shape index (κ2) is 5.35. The lowest BCUT2D eigenvalue weighted by molar-refractivity contribution is 0.141. The smallest absolute Gasteiger partial charge is 0.138 e. The molecule has 0 radical (unpaired) electrons. The van der Waals surface area contributed by atoms with E-state index < -0.39 is 0 Å². The molecule has 0 aliphatic rings. The zero-order valence-electron chi connectivity index (χ0n) is 9.26. The molecule has 0 saturated carbocycles. The van der Waals surface area contributed by atoms with Gasteiger partial charge in [0.2, 0.25) is 0 Å². The first-order valence-corrected chi connectivity index (χ1v) is 5.13. The third-order valence-corrected chi connectivity index (χ3v) is 2.98. The first kappa shape index (κ1) is 12.3. The first-order chi connectivity index (χ1) is 7.11. The van der Waals surface area contributed by atoms with Crippen molar-refractivity contribution in [2.45, 2.75) is 20.3 Å². The van der Waals surface area contributed by atoms with E-state index in [2.05, 4.69) is 4.84 Å². The summed E-state index contributed by atoms with van der Waals surface area (Å²) >= 11 is 6.15. The predicted octanol–water partition coefficient (Wildman–Crippen LogP) is 2.40. The van der Waals surface area contributed by atoms with Gasteiger partial charge in [-0.05, 0) is 43.0 Å². The van der Waals surface area contributed by atoms with Crippen LogP contribution in [0.1, 0.15) is 16.7 Å². The summed E-state index contributed by atoms with van der Waals surface area (Å²) in [7, 11) is 1.61. The second-order valence-electron chi connectivity index (χ2n) is 3.43. The van der Waals surface area contributed by atoms with Gasteiger partial charge in [0.25, 0.3) is 0 Å². The van der Waals surface area contributed by atoms with Crippen molar-refractivity contribution >= 4 is 11.6 Å². The van der Waals surface area contributed by atoms with Gasteiger partial charge in [-0.1, -0.05) is 11.6 Å². The summed E-state index contributed by atoms with van der Waals surface area (Å²) in [6.07, 6.45) is 0.762. The van der Waals surface area contributed by atoms with E-state index in [1.807, 2.05) is 19.9 Å². The molecule has 3 nitrogen and oxygen atoms in total. The Labute approximate surface area is 95.1 Å². The topological polar surface area (TPSA) is 44.5 Å². The molecule has 1 aromatic rings. The van der Waals surface area contributed by atoms with Gasteiger partial charge >= 0.3 is 0 Å². The minimum Gasteiger partial charge on any atom is -0.495 e. The van der Waals surface area contributed by atoms with Crippen LogP contribution in [0.5, 0.6) is 5.75 Å². The van der Waals surface area contributed by atoms with Crippen LogP contribution in [0.25, 0.3) is 0 Å². The summed E-state index contributed by atoms with van der Waals surface area (Å²) in [5.74, 6) is 5.73. The third-order valence-electron chi connectivity index (χ3n) is 2.51. The van der Waals surface area contributed by atoms with E-state index in [0.717, 1.165) is 17.5 Å². The summed E-state index contributed by atoms with van der Waals surface area (Å²) in [5, 5.41) is 0.662. The van der Waals surface area contributed by atoms with Crippen LogP contribution >= 0.6 is 11.6 Å². The molecule has 0 spiro atoms. The van der Waals surface area contributed by atoms with Crippen molar-refractivity contribution in [2.75, 3.05) is 13.7 Å². The highest BCUT2D eigenvalue weighted by Gasteiger charge is 2.11. The van der Waals surface area contributed by atoms with Crippen molar-refractivity contribution in [2.24, 2.45) is 5.90 Å². The van der Waals surface area contributed by atoms with Gasteiger partial charge in [0, 0.05) is 0 Å². The molecule has 2 N–H and O–H groups in total. The van der Waals surface area contributed by atoms with Crippen LogP contribution in [0.2, 0.25) is 5.02 Å². The zero-order chi connectivity index (χ0) is 11.4. The van der Waals surface area contributed by atoms with Crippen LogP contribution in [-0.4, -0.2) is 13.7 Å². The van der Waals surface area contributed by atoms with Crippen molar-refractivity contribution in [3.8, 4) is 5.75 Å². The lowest BCUT2D eigenvalue weighted by Gasteiger charge is -2.14. The van der Waals surface area contributed by atoms with Crippen LogP contribution in [0, 0.1) is 13.8 Å². The molecule has 0 heterocycles. The van der Waals surface area contributed by atoms with Crippen molar-refractivity contribution in [3.05, 3.63) is 27.8 Å². The van der Waals surface area contributed by atoms with E-state index in [4.69, 9.17) is 22.2 Å². The fourth-order valence-electron chi connectivity index (χ4n) is 1.65. The molecule has 84 valence electrons. The predicted molar refractivity (Wildman–Crippen MR) is 61.3 cm³/mol. The lowest BCUT2D eigenvalue weighted by Crippen LogP contribution is -2.06. The van der Waals surface area contributed by atoms with E-state index >= 15 is 0 Å². The largest absolute Gasteiger partial charge is 0.495 e. The van der Waals surface area contributed by atoms with Gasteiger partial charge < -0.3 is 9.57 Å². The Hall–Kier alpha value is -0.770. The summed E-state index contributed by atoms with van der Waals surface area (Å²) in [6.45, 7) is 4.49. The number of rotatable bonds is 4. The van der Waals surface area contributed by atoms with E-state index in [1.54, 1.807) is 7.11 Å². The van der Waals surface area contributed by atoms with Gasteiger partial charge in [0.1, 0.15) is 5.75 Å². The number of hydrogen-bond donors (Lipinski definition) is 1. The quantitative estimate of drug-likeness (QED) is 0.807. The molecule has 0 fully saturated rings. The monoisotopic (exact) mass is 229 g/mol. The van der Waals surface area contributed by atoms with Crippen LogP contribution in [0.15, 0.2) is 6.07 Å². The maximum atomic E-state index is 6.15. The van der Waals surface area contributed by atoms with E-state index in [1.165, 1.54) is 5.56 Å². The molecule has 0 atom stereocenters. The summed E-state index contributed by atoms with van der Waals surface area (Å²) in [6, 6.07) is 1.93. The number of aryl methyl sites for hydroxylation is 1. The van der Waals surface area contributed by atoms with Gasteiger partial charge in [-0.25, -0.2) is 5.90 Å². The summed E-state index contributed by atoms with van der Waals surface area (Å²) in [4.78, 5) is 4.58. The Balaban J connectivity index is 3.11.